The number of hydrogen-bond donors (Lipinski definition) is 1. The first kappa shape index (κ1) is 10.4. The summed E-state index contributed by atoms with van der Waals surface area (Å²) in [5, 5.41) is 2.46. The highest BCUT2D eigenvalue weighted by atomic mass is 32.1. The number of aryl methyl sites for hydroxylation is 1. The van der Waals surface area contributed by atoms with Gasteiger partial charge in [-0.3, -0.25) is 4.79 Å². The van der Waals surface area contributed by atoms with Crippen molar-refractivity contribution in [1.82, 2.24) is 15.0 Å². The molecule has 1 aliphatic carbocycles. The number of hydrogen-bond acceptors (Lipinski definition) is 4. The number of H-pyrrole nitrogens is 1. The second kappa shape index (κ2) is 3.92. The monoisotopic (exact) mass is 245 g/mol. The first-order valence-corrected chi connectivity index (χ1v) is 6.29. The average Bonchev–Trinajstić information content (AvgIpc) is 2.76. The highest BCUT2D eigenvalue weighted by Crippen LogP contribution is 2.20. The Morgan fingerprint density at radius 1 is 1.35 bits per heavy atom. The van der Waals surface area contributed by atoms with Crippen LogP contribution in [-0.4, -0.2) is 15.0 Å². The quantitative estimate of drug-likeness (QED) is 0.798. The van der Waals surface area contributed by atoms with Crippen molar-refractivity contribution in [3.8, 4) is 10.7 Å². The van der Waals surface area contributed by atoms with Crippen molar-refractivity contribution in [3.05, 3.63) is 32.1 Å². The van der Waals surface area contributed by atoms with Crippen LogP contribution in [0.5, 0.6) is 0 Å². The van der Waals surface area contributed by atoms with Gasteiger partial charge in [-0.2, -0.15) is 0 Å². The van der Waals surface area contributed by atoms with E-state index in [1.165, 1.54) is 11.3 Å². The second-order valence-electron chi connectivity index (χ2n) is 3.94. The van der Waals surface area contributed by atoms with Gasteiger partial charge >= 0.3 is 0 Å². The summed E-state index contributed by atoms with van der Waals surface area (Å²) in [5.41, 5.74) is -0.0630. The molecule has 17 heavy (non-hydrogen) atoms. The molecule has 0 spiro atoms. The molecule has 0 amide bonds. The van der Waals surface area contributed by atoms with Crippen LogP contribution in [0.15, 0.2) is 11.0 Å². The third kappa shape index (κ3) is 1.82. The molecular formula is C12H11N3OS. The van der Waals surface area contributed by atoms with E-state index in [0.717, 1.165) is 28.1 Å². The summed E-state index contributed by atoms with van der Waals surface area (Å²) < 4.78 is 0. The number of rotatable bonds is 1. The maximum Gasteiger partial charge on any atom is 0.258 e. The highest BCUT2D eigenvalue weighted by molar-refractivity contribution is 7.14. The lowest BCUT2D eigenvalue weighted by atomic mass is 10.1. The number of aromatic nitrogens is 3. The number of fused-ring (bicyclic) bond motifs is 1. The molecule has 5 heteroatoms. The van der Waals surface area contributed by atoms with E-state index in [1.807, 2.05) is 19.1 Å². The molecule has 2 aromatic rings. The Morgan fingerprint density at radius 3 is 2.94 bits per heavy atom. The van der Waals surface area contributed by atoms with Crippen molar-refractivity contribution in [2.75, 3.05) is 0 Å². The van der Waals surface area contributed by atoms with Gasteiger partial charge in [0.1, 0.15) is 0 Å². The van der Waals surface area contributed by atoms with Gasteiger partial charge in [0.2, 0.25) is 0 Å². The van der Waals surface area contributed by atoms with Crippen molar-refractivity contribution < 1.29 is 0 Å². The fourth-order valence-corrected chi connectivity index (χ4v) is 2.61. The number of thiazole rings is 1. The largest absolute Gasteiger partial charge is 0.305 e. The van der Waals surface area contributed by atoms with Gasteiger partial charge in [-0.1, -0.05) is 12.2 Å². The van der Waals surface area contributed by atoms with Crippen LogP contribution in [0.2, 0.25) is 0 Å². The maximum absolute atomic E-state index is 11.9. The molecule has 0 aromatic carbocycles. The van der Waals surface area contributed by atoms with Gasteiger partial charge in [0.05, 0.1) is 20.5 Å². The van der Waals surface area contributed by atoms with E-state index < -0.39 is 0 Å². The standard InChI is InChI=1S/C12H11N3OS/c1-7-13-6-10(17-7)11-14-9-5-3-2-4-8(9)12(16)15-11/h4-6H,2-3H2,1H3,(H,14,15,16). The van der Waals surface area contributed by atoms with Crippen molar-refractivity contribution in [1.29, 1.82) is 0 Å². The van der Waals surface area contributed by atoms with E-state index in [-0.39, 0.29) is 5.56 Å². The third-order valence-corrected chi connectivity index (χ3v) is 3.61. The molecule has 2 heterocycles. The van der Waals surface area contributed by atoms with Crippen molar-refractivity contribution in [3.63, 3.8) is 0 Å². The smallest absolute Gasteiger partial charge is 0.258 e. The van der Waals surface area contributed by atoms with Crippen molar-refractivity contribution >= 4 is 23.5 Å². The number of nitrogens with one attached hydrogen (secondary N) is 1. The molecule has 0 fully saturated rings. The lowest BCUT2D eigenvalue weighted by Gasteiger charge is -2.00. The van der Waals surface area contributed by atoms with Crippen LogP contribution in [-0.2, 0) is 0 Å². The second-order valence-corrected chi connectivity index (χ2v) is 5.18. The van der Waals surface area contributed by atoms with Crippen LogP contribution >= 0.6 is 11.3 Å². The lowest BCUT2D eigenvalue weighted by molar-refractivity contribution is 1.01. The molecule has 0 atom stereocenters. The molecule has 4 nitrogen and oxygen atoms in total. The summed E-state index contributed by atoms with van der Waals surface area (Å²) in [6, 6.07) is 0. The van der Waals surface area contributed by atoms with Gasteiger partial charge in [-0.05, 0) is 19.8 Å². The minimum Gasteiger partial charge on any atom is -0.305 e. The Bertz CT molecular complexity index is 742. The Labute approximate surface area is 101 Å². The average molecular weight is 245 g/mol. The van der Waals surface area contributed by atoms with E-state index in [1.54, 1.807) is 6.20 Å². The van der Waals surface area contributed by atoms with Gasteiger partial charge in [0, 0.05) is 6.20 Å². The van der Waals surface area contributed by atoms with Crippen molar-refractivity contribution in [2.45, 2.75) is 19.8 Å². The maximum atomic E-state index is 11.9. The predicted octanol–water partition coefficient (Wildman–Crippen LogP) is 0.557. The van der Waals surface area contributed by atoms with E-state index in [0.29, 0.717) is 11.0 Å². The Morgan fingerprint density at radius 2 is 2.18 bits per heavy atom. The van der Waals surface area contributed by atoms with Gasteiger partial charge < -0.3 is 4.98 Å². The minimum atomic E-state index is -0.0630. The van der Waals surface area contributed by atoms with Crippen LogP contribution in [0, 0.1) is 6.92 Å². The van der Waals surface area contributed by atoms with E-state index >= 15 is 0 Å². The predicted molar refractivity (Wildman–Crippen MR) is 68.1 cm³/mol. The molecule has 1 N–H and O–H groups in total. The topological polar surface area (TPSA) is 58.6 Å². The Balaban J connectivity index is 2.28. The molecule has 0 saturated carbocycles. The van der Waals surface area contributed by atoms with E-state index in [2.05, 4.69) is 15.0 Å². The highest BCUT2D eigenvalue weighted by Gasteiger charge is 2.07. The number of aromatic amines is 1. The van der Waals surface area contributed by atoms with E-state index in [9.17, 15) is 4.79 Å². The zero-order valence-electron chi connectivity index (χ0n) is 9.36. The fraction of sp³-hybridized carbons (Fsp3) is 0.250. The molecular weight excluding hydrogens is 234 g/mol. The molecule has 0 aliphatic heterocycles. The lowest BCUT2D eigenvalue weighted by Crippen LogP contribution is -2.44. The van der Waals surface area contributed by atoms with Crippen LogP contribution in [0.1, 0.15) is 17.8 Å². The summed E-state index contributed by atoms with van der Waals surface area (Å²) in [4.78, 5) is 24.3. The SMILES string of the molecule is Cc1ncc(-c2nc3c(c(=O)[nH]2)=CCCC=3)s1. The van der Waals surface area contributed by atoms with Crippen LogP contribution in [0.4, 0.5) is 0 Å². The van der Waals surface area contributed by atoms with Gasteiger partial charge in [-0.15, -0.1) is 11.3 Å². The zero-order chi connectivity index (χ0) is 11.8. The zero-order valence-corrected chi connectivity index (χ0v) is 10.2. The van der Waals surface area contributed by atoms with Crippen molar-refractivity contribution in [2.24, 2.45) is 0 Å². The summed E-state index contributed by atoms with van der Waals surface area (Å²) >= 11 is 1.53. The van der Waals surface area contributed by atoms with Crippen LogP contribution in [0.25, 0.3) is 22.9 Å². The summed E-state index contributed by atoms with van der Waals surface area (Å²) in [6.45, 7) is 1.94. The summed E-state index contributed by atoms with van der Waals surface area (Å²) in [5.74, 6) is 0.617. The fourth-order valence-electron chi connectivity index (χ4n) is 1.89. The Hall–Kier alpha value is -1.75. The molecule has 0 saturated heterocycles. The molecule has 1 aliphatic rings. The molecule has 86 valence electrons. The van der Waals surface area contributed by atoms with Crippen LogP contribution < -0.4 is 16.1 Å². The molecule has 2 aromatic heterocycles. The first-order chi connectivity index (χ1) is 8.24. The summed E-state index contributed by atoms with van der Waals surface area (Å²) in [7, 11) is 0. The van der Waals surface area contributed by atoms with Gasteiger partial charge in [0.15, 0.2) is 5.82 Å². The molecule has 0 bridgehead atoms. The normalized spacial score (nSPS) is 13.7. The molecule has 3 rings (SSSR count). The van der Waals surface area contributed by atoms with Gasteiger partial charge in [0.25, 0.3) is 5.56 Å². The van der Waals surface area contributed by atoms with E-state index in [4.69, 9.17) is 0 Å². The van der Waals surface area contributed by atoms with Crippen LogP contribution in [0.3, 0.4) is 0 Å². The molecule has 0 radical (unpaired) electrons. The summed E-state index contributed by atoms with van der Waals surface area (Å²) in [6.07, 6.45) is 7.57. The minimum absolute atomic E-state index is 0.0630. The third-order valence-electron chi connectivity index (χ3n) is 2.69. The Kier molecular flexibility index (Phi) is 2.40. The first-order valence-electron chi connectivity index (χ1n) is 5.47. The molecule has 0 unspecified atom stereocenters. The number of nitrogens with zero attached hydrogens (tertiary/aromatic N) is 2. The van der Waals surface area contributed by atoms with Gasteiger partial charge in [-0.25, -0.2) is 9.97 Å².